The van der Waals surface area contributed by atoms with Gasteiger partial charge in [-0.25, -0.2) is 0 Å². The van der Waals surface area contributed by atoms with Crippen molar-refractivity contribution in [3.05, 3.63) is 29.3 Å². The number of nitrogens with zero attached hydrogens (tertiary/aromatic N) is 2. The largest absolute Gasteiger partial charge is 0.380 e. The third-order valence-electron chi connectivity index (χ3n) is 5.95. The monoisotopic (exact) mass is 459 g/mol. The zero-order chi connectivity index (χ0) is 23.4. The number of piperidine rings is 1. The Kier molecular flexibility index (Phi) is 7.33. The molecule has 0 bridgehead atoms. The highest BCUT2D eigenvalue weighted by atomic mass is 16.5. The molecule has 3 aliphatic rings. The number of nitrogens with one attached hydrogen (secondary N) is 2. The Hall–Kier alpha value is -2.86. The number of ether oxygens (including phenoxy) is 2. The predicted octanol–water partition coefficient (Wildman–Crippen LogP) is -0.824. The van der Waals surface area contributed by atoms with E-state index < -0.39 is 29.7 Å². The van der Waals surface area contributed by atoms with E-state index in [4.69, 9.17) is 15.2 Å². The summed E-state index contributed by atoms with van der Waals surface area (Å²) in [7, 11) is 0. The smallest absolute Gasteiger partial charge is 0.262 e. The second kappa shape index (κ2) is 10.4. The van der Waals surface area contributed by atoms with E-state index in [-0.39, 0.29) is 30.0 Å². The first-order chi connectivity index (χ1) is 16.0. The number of likely N-dealkylation sites (tertiary alicyclic amines) is 1. The molecule has 0 spiro atoms. The van der Waals surface area contributed by atoms with Gasteiger partial charge in [0.15, 0.2) is 0 Å². The molecule has 0 aromatic heterocycles. The number of fused-ring (bicyclic) bond motifs is 1. The van der Waals surface area contributed by atoms with Crippen molar-refractivity contribution in [1.29, 1.82) is 0 Å². The number of anilines is 1. The first-order valence-electron chi connectivity index (χ1n) is 11.2. The third kappa shape index (κ3) is 5.22. The van der Waals surface area contributed by atoms with E-state index in [0.717, 1.165) is 30.2 Å². The maximum Gasteiger partial charge on any atom is 0.262 e. The van der Waals surface area contributed by atoms with Crippen LogP contribution in [0, 0.1) is 0 Å². The number of benzene rings is 1. The summed E-state index contributed by atoms with van der Waals surface area (Å²) in [6.07, 6.45) is 0.242. The van der Waals surface area contributed by atoms with Gasteiger partial charge in [0.1, 0.15) is 6.04 Å². The Labute approximate surface area is 191 Å². The fraction of sp³-hybridized carbons (Fsp3) is 0.545. The van der Waals surface area contributed by atoms with Crippen molar-refractivity contribution >= 4 is 29.3 Å². The van der Waals surface area contributed by atoms with Crippen LogP contribution in [0.1, 0.15) is 33.6 Å². The number of hydrogen-bond acceptors (Lipinski definition) is 9. The van der Waals surface area contributed by atoms with Crippen LogP contribution in [0.15, 0.2) is 18.2 Å². The average Bonchev–Trinajstić information content (AvgIpc) is 3.01. The predicted molar refractivity (Wildman–Crippen MR) is 118 cm³/mol. The Balaban J connectivity index is 1.25. The summed E-state index contributed by atoms with van der Waals surface area (Å²) < 4.78 is 10.8. The van der Waals surface area contributed by atoms with Gasteiger partial charge in [0.25, 0.3) is 11.8 Å². The summed E-state index contributed by atoms with van der Waals surface area (Å²) in [4.78, 5) is 52.5. The van der Waals surface area contributed by atoms with Gasteiger partial charge in [-0.15, -0.1) is 0 Å². The highest BCUT2D eigenvalue weighted by Gasteiger charge is 2.44. The maximum atomic E-state index is 12.9. The van der Waals surface area contributed by atoms with Gasteiger partial charge in [0.2, 0.25) is 11.8 Å². The van der Waals surface area contributed by atoms with Gasteiger partial charge in [-0.1, -0.05) is 0 Å². The molecule has 4 amide bonds. The zero-order valence-corrected chi connectivity index (χ0v) is 18.4. The number of rotatable bonds is 11. The number of nitrogens with two attached hydrogens (primary N) is 1. The van der Waals surface area contributed by atoms with Crippen molar-refractivity contribution in [2.45, 2.75) is 24.9 Å². The van der Waals surface area contributed by atoms with E-state index in [1.165, 1.54) is 0 Å². The second-order valence-corrected chi connectivity index (χ2v) is 8.32. The van der Waals surface area contributed by atoms with Crippen LogP contribution in [0.25, 0.3) is 0 Å². The summed E-state index contributed by atoms with van der Waals surface area (Å²) in [6, 6.07) is 4.32. The molecule has 0 aliphatic carbocycles. The lowest BCUT2D eigenvalue weighted by molar-refractivity contribution is -0.136. The summed E-state index contributed by atoms with van der Waals surface area (Å²) in [6.45, 7) is 5.29. The molecule has 3 aliphatic heterocycles. The first-order valence-corrected chi connectivity index (χ1v) is 11.2. The molecule has 3 heterocycles. The standard InChI is InChI=1S/C22H29N5O6/c23-5-7-32-9-10-33-8-6-26-12-15(13-26)24-14-1-2-16-17(11-14)22(31)27(21(16)30)18-3-4-19(28)25-20(18)29/h1-2,11,15,18,24H,3-10,12-13,23H2,(H,25,28,29). The van der Waals surface area contributed by atoms with Crippen LogP contribution < -0.4 is 16.4 Å². The normalized spacial score (nSPS) is 21.2. The molecule has 2 fully saturated rings. The maximum absolute atomic E-state index is 12.9. The molecule has 0 radical (unpaired) electrons. The Morgan fingerprint density at radius 2 is 1.73 bits per heavy atom. The van der Waals surface area contributed by atoms with Crippen molar-refractivity contribution in [2.24, 2.45) is 5.73 Å². The van der Waals surface area contributed by atoms with Gasteiger partial charge in [-0.2, -0.15) is 0 Å². The first kappa shape index (κ1) is 23.3. The van der Waals surface area contributed by atoms with E-state index in [2.05, 4.69) is 15.5 Å². The zero-order valence-electron chi connectivity index (χ0n) is 18.4. The highest BCUT2D eigenvalue weighted by molar-refractivity contribution is 6.23. The van der Waals surface area contributed by atoms with Gasteiger partial charge in [-0.05, 0) is 24.6 Å². The van der Waals surface area contributed by atoms with Gasteiger partial charge >= 0.3 is 0 Å². The second-order valence-electron chi connectivity index (χ2n) is 8.32. The minimum atomic E-state index is -0.957. The summed E-state index contributed by atoms with van der Waals surface area (Å²) in [5, 5.41) is 5.59. The number of carbonyl (C=O) groups excluding carboxylic acids is 4. The highest BCUT2D eigenvalue weighted by Crippen LogP contribution is 2.30. The Morgan fingerprint density at radius 1 is 1.00 bits per heavy atom. The number of amides is 4. The molecule has 178 valence electrons. The van der Waals surface area contributed by atoms with Crippen molar-refractivity contribution in [1.82, 2.24) is 15.1 Å². The molecule has 11 heteroatoms. The molecule has 4 N–H and O–H groups in total. The van der Waals surface area contributed by atoms with Crippen LogP contribution in [0.2, 0.25) is 0 Å². The molecular weight excluding hydrogens is 430 g/mol. The molecule has 1 aromatic rings. The average molecular weight is 460 g/mol. The lowest BCUT2D eigenvalue weighted by atomic mass is 10.0. The number of hydrogen-bond donors (Lipinski definition) is 3. The molecule has 1 unspecified atom stereocenters. The van der Waals surface area contributed by atoms with E-state index in [1.807, 2.05) is 0 Å². The fourth-order valence-corrected chi connectivity index (χ4v) is 4.24. The van der Waals surface area contributed by atoms with E-state index >= 15 is 0 Å². The Morgan fingerprint density at radius 3 is 2.45 bits per heavy atom. The quantitative estimate of drug-likeness (QED) is 0.285. The molecule has 0 saturated carbocycles. The molecule has 4 rings (SSSR count). The molecule has 1 aromatic carbocycles. The SMILES string of the molecule is NCCOCCOCCN1CC(Nc2ccc3c(c2)C(=O)N(C2CCC(=O)NC2=O)C3=O)C1. The summed E-state index contributed by atoms with van der Waals surface area (Å²) in [5.74, 6) is -2.01. The van der Waals surface area contributed by atoms with Crippen molar-refractivity contribution < 1.29 is 28.7 Å². The molecule has 33 heavy (non-hydrogen) atoms. The Bertz CT molecular complexity index is 932. The van der Waals surface area contributed by atoms with Crippen LogP contribution in [-0.2, 0) is 19.1 Å². The van der Waals surface area contributed by atoms with E-state index in [9.17, 15) is 19.2 Å². The van der Waals surface area contributed by atoms with Gasteiger partial charge in [0.05, 0.1) is 43.6 Å². The van der Waals surface area contributed by atoms with Crippen LogP contribution in [0.5, 0.6) is 0 Å². The minimum absolute atomic E-state index is 0.0991. The molecule has 1 atom stereocenters. The van der Waals surface area contributed by atoms with Crippen molar-refractivity contribution in [2.75, 3.05) is 57.9 Å². The van der Waals surface area contributed by atoms with E-state index in [1.54, 1.807) is 18.2 Å². The topological polar surface area (TPSA) is 143 Å². The van der Waals surface area contributed by atoms with Crippen LogP contribution >= 0.6 is 0 Å². The van der Waals surface area contributed by atoms with Gasteiger partial charge in [-0.3, -0.25) is 34.3 Å². The fourth-order valence-electron chi connectivity index (χ4n) is 4.24. The number of imide groups is 2. The van der Waals surface area contributed by atoms with Crippen molar-refractivity contribution in [3.8, 4) is 0 Å². The van der Waals surface area contributed by atoms with Gasteiger partial charge < -0.3 is 20.5 Å². The molecule has 11 nitrogen and oxygen atoms in total. The lowest BCUT2D eigenvalue weighted by Gasteiger charge is -2.40. The van der Waals surface area contributed by atoms with E-state index in [0.29, 0.717) is 33.0 Å². The third-order valence-corrected chi connectivity index (χ3v) is 5.95. The van der Waals surface area contributed by atoms with Crippen LogP contribution in [0.3, 0.4) is 0 Å². The minimum Gasteiger partial charge on any atom is -0.380 e. The van der Waals surface area contributed by atoms with Crippen LogP contribution in [0.4, 0.5) is 5.69 Å². The van der Waals surface area contributed by atoms with Gasteiger partial charge in [0, 0.05) is 38.3 Å². The van der Waals surface area contributed by atoms with Crippen molar-refractivity contribution in [3.63, 3.8) is 0 Å². The summed E-state index contributed by atoms with van der Waals surface area (Å²) in [5.41, 5.74) is 6.65. The number of carbonyl (C=O) groups is 4. The van der Waals surface area contributed by atoms with Crippen LogP contribution in [-0.4, -0.2) is 98.1 Å². The molecule has 2 saturated heterocycles. The molecular formula is C22H29N5O6. The summed E-state index contributed by atoms with van der Waals surface area (Å²) >= 11 is 0. The lowest BCUT2D eigenvalue weighted by Crippen LogP contribution is -2.55.